The number of carbonyl (C=O) groups is 2. The molecule has 0 saturated carbocycles. The topological polar surface area (TPSA) is 71.3 Å². The first-order valence-electron chi connectivity index (χ1n) is 7.75. The summed E-state index contributed by atoms with van der Waals surface area (Å²) >= 11 is 0. The molecule has 1 fully saturated rings. The number of aryl methyl sites for hydroxylation is 1. The summed E-state index contributed by atoms with van der Waals surface area (Å²) in [4.78, 5) is 23.9. The summed E-state index contributed by atoms with van der Waals surface area (Å²) in [6.45, 7) is 2.69. The molecule has 1 aliphatic heterocycles. The van der Waals surface area contributed by atoms with Gasteiger partial charge in [0.15, 0.2) is 0 Å². The molecule has 5 heteroatoms. The molecular weight excluding hydrogens is 280 g/mol. The smallest absolute Gasteiger partial charge is 0.255 e. The first-order valence-corrected chi connectivity index (χ1v) is 7.75. The molecule has 2 heterocycles. The van der Waals surface area contributed by atoms with Crippen LogP contribution in [-0.2, 0) is 11.2 Å². The minimum absolute atomic E-state index is 0.0192. The molecule has 1 atom stereocenters. The number of amides is 2. The highest BCUT2D eigenvalue weighted by molar-refractivity contribution is 6.06. The molecule has 1 aliphatic rings. The largest absolute Gasteiger partial charge is 0.463 e. The second-order valence-electron chi connectivity index (χ2n) is 5.68. The number of carbonyl (C=O) groups excluding carboxylic acids is 2. The summed E-state index contributed by atoms with van der Waals surface area (Å²) in [6.07, 6.45) is 4.32. The summed E-state index contributed by atoms with van der Waals surface area (Å²) < 4.78 is 5.47. The molecule has 1 aromatic carbocycles. The van der Waals surface area contributed by atoms with Crippen LogP contribution in [0.1, 0.15) is 42.1 Å². The molecule has 2 aromatic rings. The number of hydrogen-bond donors (Lipinski definition) is 2. The van der Waals surface area contributed by atoms with E-state index >= 15 is 0 Å². The highest BCUT2D eigenvalue weighted by Crippen LogP contribution is 2.23. The molecular formula is C17H20N2O3. The second kappa shape index (κ2) is 6.22. The Morgan fingerprint density at radius 3 is 3.09 bits per heavy atom. The van der Waals surface area contributed by atoms with Gasteiger partial charge in [0.25, 0.3) is 5.91 Å². The van der Waals surface area contributed by atoms with Crippen molar-refractivity contribution in [2.75, 3.05) is 6.54 Å². The lowest BCUT2D eigenvalue weighted by molar-refractivity contribution is -0.120. The van der Waals surface area contributed by atoms with Gasteiger partial charge in [-0.2, -0.15) is 0 Å². The SMILES string of the molecule is CCc1ccc2occ(C(=O)NC3CCNC(=O)CC3)c2c1. The lowest BCUT2D eigenvalue weighted by Gasteiger charge is -2.14. The number of nitrogens with one attached hydrogen (secondary N) is 2. The Labute approximate surface area is 129 Å². The molecule has 0 bridgehead atoms. The van der Waals surface area contributed by atoms with Crippen molar-refractivity contribution >= 4 is 22.8 Å². The molecule has 2 amide bonds. The zero-order valence-corrected chi connectivity index (χ0v) is 12.6. The molecule has 1 aromatic heterocycles. The van der Waals surface area contributed by atoms with Gasteiger partial charge in [-0.1, -0.05) is 13.0 Å². The van der Waals surface area contributed by atoms with Gasteiger partial charge in [0.2, 0.25) is 5.91 Å². The van der Waals surface area contributed by atoms with Crippen molar-refractivity contribution in [2.45, 2.75) is 38.6 Å². The monoisotopic (exact) mass is 300 g/mol. The minimum Gasteiger partial charge on any atom is -0.463 e. The summed E-state index contributed by atoms with van der Waals surface area (Å²) in [6, 6.07) is 5.94. The van der Waals surface area contributed by atoms with Crippen LogP contribution in [0, 0.1) is 0 Å². The maximum atomic E-state index is 12.5. The van der Waals surface area contributed by atoms with E-state index < -0.39 is 0 Å². The molecule has 22 heavy (non-hydrogen) atoms. The normalized spacial score (nSPS) is 18.8. The Bertz CT molecular complexity index is 705. The van der Waals surface area contributed by atoms with E-state index in [1.165, 1.54) is 11.8 Å². The van der Waals surface area contributed by atoms with Gasteiger partial charge in [0.1, 0.15) is 11.8 Å². The highest BCUT2D eigenvalue weighted by atomic mass is 16.3. The first kappa shape index (κ1) is 14.6. The van der Waals surface area contributed by atoms with E-state index in [4.69, 9.17) is 4.42 Å². The fraction of sp³-hybridized carbons (Fsp3) is 0.412. The van der Waals surface area contributed by atoms with Crippen molar-refractivity contribution in [3.8, 4) is 0 Å². The predicted octanol–water partition coefficient (Wildman–Crippen LogP) is 2.39. The molecule has 116 valence electrons. The van der Waals surface area contributed by atoms with Crippen molar-refractivity contribution in [1.29, 1.82) is 0 Å². The Kier molecular flexibility index (Phi) is 4.13. The third-order valence-electron chi connectivity index (χ3n) is 4.16. The lowest BCUT2D eigenvalue weighted by atomic mass is 10.1. The molecule has 2 N–H and O–H groups in total. The van der Waals surface area contributed by atoms with Gasteiger partial charge in [0, 0.05) is 24.4 Å². The van der Waals surface area contributed by atoms with E-state index in [-0.39, 0.29) is 17.9 Å². The predicted molar refractivity (Wildman–Crippen MR) is 83.7 cm³/mol. The molecule has 0 aliphatic carbocycles. The average molecular weight is 300 g/mol. The lowest BCUT2D eigenvalue weighted by Crippen LogP contribution is -2.35. The third kappa shape index (κ3) is 2.98. The van der Waals surface area contributed by atoms with Gasteiger partial charge in [-0.3, -0.25) is 9.59 Å². The first-order chi connectivity index (χ1) is 10.7. The molecule has 0 radical (unpaired) electrons. The van der Waals surface area contributed by atoms with Gasteiger partial charge < -0.3 is 15.1 Å². The van der Waals surface area contributed by atoms with Gasteiger partial charge >= 0.3 is 0 Å². The van der Waals surface area contributed by atoms with Crippen LogP contribution in [0.3, 0.4) is 0 Å². The number of rotatable bonds is 3. The van der Waals surface area contributed by atoms with Crippen LogP contribution in [0.4, 0.5) is 0 Å². The van der Waals surface area contributed by atoms with E-state index in [1.54, 1.807) is 0 Å². The van der Waals surface area contributed by atoms with Crippen LogP contribution in [0.15, 0.2) is 28.9 Å². The van der Waals surface area contributed by atoms with Crippen molar-refractivity contribution in [1.82, 2.24) is 10.6 Å². The molecule has 5 nitrogen and oxygen atoms in total. The summed E-state index contributed by atoms with van der Waals surface area (Å²) in [5, 5.41) is 6.69. The van der Waals surface area contributed by atoms with E-state index in [0.29, 0.717) is 24.9 Å². The van der Waals surface area contributed by atoms with E-state index in [0.717, 1.165) is 23.8 Å². The van der Waals surface area contributed by atoms with Crippen molar-refractivity contribution in [3.63, 3.8) is 0 Å². The van der Waals surface area contributed by atoms with Crippen LogP contribution in [0.25, 0.3) is 11.0 Å². The number of benzene rings is 1. The van der Waals surface area contributed by atoms with Gasteiger partial charge in [-0.15, -0.1) is 0 Å². The summed E-state index contributed by atoms with van der Waals surface area (Å²) in [7, 11) is 0. The van der Waals surface area contributed by atoms with Crippen LogP contribution >= 0.6 is 0 Å². The Hall–Kier alpha value is -2.30. The van der Waals surface area contributed by atoms with Crippen LogP contribution < -0.4 is 10.6 Å². The van der Waals surface area contributed by atoms with Crippen LogP contribution in [-0.4, -0.2) is 24.4 Å². The Balaban J connectivity index is 1.78. The zero-order chi connectivity index (χ0) is 15.5. The maximum Gasteiger partial charge on any atom is 0.255 e. The van der Waals surface area contributed by atoms with Crippen molar-refractivity contribution < 1.29 is 14.0 Å². The quantitative estimate of drug-likeness (QED) is 0.914. The number of fused-ring (bicyclic) bond motifs is 1. The summed E-state index contributed by atoms with van der Waals surface area (Å²) in [5.74, 6) is -0.0792. The Morgan fingerprint density at radius 2 is 2.27 bits per heavy atom. The maximum absolute atomic E-state index is 12.5. The fourth-order valence-electron chi connectivity index (χ4n) is 2.80. The Morgan fingerprint density at radius 1 is 1.41 bits per heavy atom. The number of furan rings is 1. The van der Waals surface area contributed by atoms with Gasteiger partial charge in [-0.05, 0) is 37.0 Å². The van der Waals surface area contributed by atoms with Gasteiger partial charge in [-0.25, -0.2) is 0 Å². The van der Waals surface area contributed by atoms with Crippen molar-refractivity contribution in [3.05, 3.63) is 35.6 Å². The molecule has 1 saturated heterocycles. The second-order valence-corrected chi connectivity index (χ2v) is 5.68. The average Bonchev–Trinajstić information content (AvgIpc) is 2.84. The van der Waals surface area contributed by atoms with E-state index in [2.05, 4.69) is 17.6 Å². The van der Waals surface area contributed by atoms with E-state index in [1.807, 2.05) is 18.2 Å². The zero-order valence-electron chi connectivity index (χ0n) is 12.6. The van der Waals surface area contributed by atoms with E-state index in [9.17, 15) is 9.59 Å². The van der Waals surface area contributed by atoms with Crippen LogP contribution in [0.2, 0.25) is 0 Å². The minimum atomic E-state index is -0.133. The standard InChI is InChI=1S/C17H20N2O3/c1-2-11-3-5-15-13(9-11)14(10-22-15)17(21)19-12-4-6-16(20)18-8-7-12/h3,5,9-10,12H,2,4,6-8H2,1H3,(H,18,20)(H,19,21). The van der Waals surface area contributed by atoms with Gasteiger partial charge in [0.05, 0.1) is 5.56 Å². The fourth-order valence-corrected chi connectivity index (χ4v) is 2.80. The molecule has 1 unspecified atom stereocenters. The third-order valence-corrected chi connectivity index (χ3v) is 4.16. The number of hydrogen-bond acceptors (Lipinski definition) is 3. The summed E-state index contributed by atoms with van der Waals surface area (Å²) in [5.41, 5.74) is 2.46. The van der Waals surface area contributed by atoms with Crippen LogP contribution in [0.5, 0.6) is 0 Å². The molecule has 3 rings (SSSR count). The van der Waals surface area contributed by atoms with Crippen molar-refractivity contribution in [2.24, 2.45) is 0 Å². The molecule has 0 spiro atoms. The highest BCUT2D eigenvalue weighted by Gasteiger charge is 2.20.